The number of carboxylic acid groups (broad SMARTS) is 1. The number of amides is 2. The largest absolute Gasteiger partial charge is 0.501 e. The molecule has 0 aliphatic heterocycles. The summed E-state index contributed by atoms with van der Waals surface area (Å²) in [5, 5.41) is 24.0. The van der Waals surface area contributed by atoms with Crippen molar-refractivity contribution in [3.8, 4) is 17.1 Å². The van der Waals surface area contributed by atoms with E-state index in [4.69, 9.17) is 16.7 Å². The summed E-state index contributed by atoms with van der Waals surface area (Å²) in [5.41, 5.74) is -1.68. The number of urea groups is 1. The van der Waals surface area contributed by atoms with Crippen molar-refractivity contribution in [1.29, 1.82) is 0 Å². The summed E-state index contributed by atoms with van der Waals surface area (Å²) >= 11 is 6.94. The molecular weight excluding hydrogens is 472 g/mol. The summed E-state index contributed by atoms with van der Waals surface area (Å²) in [6, 6.07) is 4.41. The molecule has 0 bridgehead atoms. The van der Waals surface area contributed by atoms with Crippen molar-refractivity contribution in [3.05, 3.63) is 56.1 Å². The van der Waals surface area contributed by atoms with E-state index in [1.165, 1.54) is 42.1 Å². The van der Waals surface area contributed by atoms with Gasteiger partial charge >= 0.3 is 12.0 Å². The van der Waals surface area contributed by atoms with Crippen molar-refractivity contribution in [2.45, 2.75) is 4.90 Å². The van der Waals surface area contributed by atoms with Crippen molar-refractivity contribution in [2.24, 2.45) is 7.05 Å². The predicted molar refractivity (Wildman–Crippen MR) is 112 cm³/mol. The van der Waals surface area contributed by atoms with Gasteiger partial charge < -0.3 is 15.5 Å². The van der Waals surface area contributed by atoms with Gasteiger partial charge in [-0.2, -0.15) is 0 Å². The van der Waals surface area contributed by atoms with Gasteiger partial charge in [0.1, 0.15) is 10.7 Å². The number of carboxylic acids is 1. The zero-order valence-electron chi connectivity index (χ0n) is 15.5. The van der Waals surface area contributed by atoms with Gasteiger partial charge in [0.05, 0.1) is 16.3 Å². The lowest BCUT2D eigenvalue weighted by Crippen LogP contribution is -2.34. The highest BCUT2D eigenvalue weighted by Gasteiger charge is 2.24. The van der Waals surface area contributed by atoms with Crippen LogP contribution in [0.25, 0.3) is 11.4 Å². The lowest BCUT2D eigenvalue weighted by atomic mass is 10.2. The molecule has 3 aromatic rings. The molecule has 2 aromatic heterocycles. The standard InChI is InChI=1S/C17H13ClN4O7S2/c1-22-14(20-12(16(25)26)13(23)15(22)24)8-6-30-7-10(8)19-17(27)21-31(28,29)11-5-3-2-4-9(11)18/h2-7,23H,1H3,(H,25,26)(H2,19,21,27). The summed E-state index contributed by atoms with van der Waals surface area (Å²) in [6.07, 6.45) is 0. The van der Waals surface area contributed by atoms with Crippen LogP contribution in [0.4, 0.5) is 10.5 Å². The van der Waals surface area contributed by atoms with E-state index in [1.807, 2.05) is 4.72 Å². The van der Waals surface area contributed by atoms with Gasteiger partial charge in [-0.1, -0.05) is 23.7 Å². The lowest BCUT2D eigenvalue weighted by Gasteiger charge is -2.12. The van der Waals surface area contributed by atoms with Crippen molar-refractivity contribution in [1.82, 2.24) is 14.3 Å². The van der Waals surface area contributed by atoms with E-state index in [2.05, 4.69) is 10.3 Å². The molecule has 31 heavy (non-hydrogen) atoms. The minimum absolute atomic E-state index is 0.0568. The van der Waals surface area contributed by atoms with E-state index < -0.39 is 39.0 Å². The monoisotopic (exact) mass is 484 g/mol. The molecule has 14 heteroatoms. The minimum atomic E-state index is -4.28. The third kappa shape index (κ3) is 4.38. The van der Waals surface area contributed by atoms with Gasteiger partial charge in [0.2, 0.25) is 5.75 Å². The molecule has 2 heterocycles. The number of carbonyl (C=O) groups is 2. The number of rotatable bonds is 5. The number of aromatic nitrogens is 2. The molecule has 4 N–H and O–H groups in total. The number of hydrogen-bond donors (Lipinski definition) is 4. The van der Waals surface area contributed by atoms with Gasteiger partial charge in [-0.3, -0.25) is 9.36 Å². The van der Waals surface area contributed by atoms with Crippen LogP contribution in [-0.2, 0) is 17.1 Å². The molecule has 2 amide bonds. The summed E-state index contributed by atoms with van der Waals surface area (Å²) in [6.45, 7) is 0. The van der Waals surface area contributed by atoms with Crippen LogP contribution >= 0.6 is 22.9 Å². The Kier molecular flexibility index (Phi) is 6.01. The van der Waals surface area contributed by atoms with E-state index >= 15 is 0 Å². The third-order valence-corrected chi connectivity index (χ3v) is 6.55. The van der Waals surface area contributed by atoms with Gasteiger partial charge in [0, 0.05) is 17.8 Å². The number of nitrogens with one attached hydrogen (secondary N) is 2. The molecule has 0 radical (unpaired) electrons. The Hall–Kier alpha value is -3.42. The van der Waals surface area contributed by atoms with E-state index in [0.717, 1.165) is 15.9 Å². The Bertz CT molecular complexity index is 1370. The lowest BCUT2D eigenvalue weighted by molar-refractivity contribution is 0.0686. The van der Waals surface area contributed by atoms with Crippen molar-refractivity contribution in [3.63, 3.8) is 0 Å². The Balaban J connectivity index is 1.93. The second-order valence-corrected chi connectivity index (χ2v) is 8.79. The number of thiophene rings is 1. The Morgan fingerprint density at radius 3 is 2.55 bits per heavy atom. The highest BCUT2D eigenvalue weighted by molar-refractivity contribution is 7.90. The van der Waals surface area contributed by atoms with E-state index in [1.54, 1.807) is 0 Å². The third-order valence-electron chi connectivity index (χ3n) is 3.97. The van der Waals surface area contributed by atoms with Crippen LogP contribution in [0.5, 0.6) is 5.75 Å². The second-order valence-electron chi connectivity index (χ2n) is 5.99. The van der Waals surface area contributed by atoms with Gasteiger partial charge in [-0.25, -0.2) is 27.7 Å². The quantitative estimate of drug-likeness (QED) is 0.426. The van der Waals surface area contributed by atoms with Crippen molar-refractivity contribution < 1.29 is 28.2 Å². The van der Waals surface area contributed by atoms with Gasteiger partial charge in [-0.05, 0) is 12.1 Å². The number of sulfonamides is 1. The molecule has 0 aliphatic carbocycles. The van der Waals surface area contributed by atoms with Crippen LogP contribution < -0.4 is 15.6 Å². The first kappa shape index (κ1) is 22.3. The van der Waals surface area contributed by atoms with Crippen LogP contribution in [-0.4, -0.2) is 40.2 Å². The molecule has 0 atom stereocenters. The van der Waals surface area contributed by atoms with Crippen molar-refractivity contribution >= 4 is 50.6 Å². The second kappa shape index (κ2) is 8.37. The maximum absolute atomic E-state index is 12.4. The summed E-state index contributed by atoms with van der Waals surface area (Å²) in [5.74, 6) is -2.82. The number of hydrogen-bond acceptors (Lipinski definition) is 8. The molecule has 0 saturated carbocycles. The highest BCUT2D eigenvalue weighted by Crippen LogP contribution is 2.31. The SMILES string of the molecule is Cn1c(-c2cscc2NC(=O)NS(=O)(=O)c2ccccc2Cl)nc(C(=O)O)c(O)c1=O. The van der Waals surface area contributed by atoms with E-state index in [9.17, 15) is 27.9 Å². The normalized spacial score (nSPS) is 11.2. The number of aromatic carboxylic acids is 1. The molecule has 1 aromatic carbocycles. The molecule has 11 nitrogen and oxygen atoms in total. The molecule has 3 rings (SSSR count). The van der Waals surface area contributed by atoms with Crippen LogP contribution in [0.1, 0.15) is 10.5 Å². The predicted octanol–water partition coefficient (Wildman–Crippen LogP) is 2.08. The maximum Gasteiger partial charge on any atom is 0.358 e. The first-order valence-electron chi connectivity index (χ1n) is 8.21. The molecule has 0 spiro atoms. The van der Waals surface area contributed by atoms with Crippen LogP contribution in [0.15, 0.2) is 44.7 Å². The molecule has 0 unspecified atom stereocenters. The van der Waals surface area contributed by atoms with Gasteiger partial charge in [0.25, 0.3) is 15.6 Å². The summed E-state index contributed by atoms with van der Waals surface area (Å²) in [7, 11) is -3.03. The minimum Gasteiger partial charge on any atom is -0.501 e. The fourth-order valence-electron chi connectivity index (χ4n) is 2.53. The van der Waals surface area contributed by atoms with Crippen LogP contribution in [0.2, 0.25) is 5.02 Å². The average Bonchev–Trinajstić information content (AvgIpc) is 3.13. The zero-order valence-corrected chi connectivity index (χ0v) is 17.9. The molecule has 0 fully saturated rings. The molecule has 162 valence electrons. The number of halogens is 1. The van der Waals surface area contributed by atoms with Gasteiger partial charge in [0.15, 0.2) is 5.69 Å². The average molecular weight is 485 g/mol. The van der Waals surface area contributed by atoms with Crippen molar-refractivity contribution in [2.75, 3.05) is 5.32 Å². The Morgan fingerprint density at radius 2 is 1.90 bits per heavy atom. The zero-order chi connectivity index (χ0) is 22.9. The molecule has 0 aliphatic rings. The topological polar surface area (TPSA) is 168 Å². The highest BCUT2D eigenvalue weighted by atomic mass is 35.5. The van der Waals surface area contributed by atoms with Crippen LogP contribution in [0.3, 0.4) is 0 Å². The van der Waals surface area contributed by atoms with E-state index in [-0.39, 0.29) is 27.0 Å². The van der Waals surface area contributed by atoms with Crippen LogP contribution in [0, 0.1) is 0 Å². The number of nitrogens with zero attached hydrogens (tertiary/aromatic N) is 2. The maximum atomic E-state index is 12.4. The molecule has 0 saturated heterocycles. The number of benzene rings is 1. The smallest absolute Gasteiger partial charge is 0.358 e. The Morgan fingerprint density at radius 1 is 1.23 bits per heavy atom. The first-order valence-corrected chi connectivity index (χ1v) is 11.0. The number of carbonyl (C=O) groups excluding carboxylic acids is 1. The Labute approximate surface area is 183 Å². The number of anilines is 1. The van der Waals surface area contributed by atoms with E-state index in [0.29, 0.717) is 0 Å². The fourth-order valence-corrected chi connectivity index (χ4v) is 4.72. The van der Waals surface area contributed by atoms with Gasteiger partial charge in [-0.15, -0.1) is 11.3 Å². The number of aromatic hydroxyl groups is 1. The molecular formula is C17H13ClN4O7S2. The fraction of sp³-hybridized carbons (Fsp3) is 0.0588. The summed E-state index contributed by atoms with van der Waals surface area (Å²) in [4.78, 5) is 39.2. The summed E-state index contributed by atoms with van der Waals surface area (Å²) < 4.78 is 27.5. The first-order chi connectivity index (χ1) is 14.5.